The van der Waals surface area contributed by atoms with Crippen molar-refractivity contribution in [3.63, 3.8) is 0 Å². The maximum atomic E-state index is 11.7. The Kier molecular flexibility index (Phi) is 5.01. The van der Waals surface area contributed by atoms with E-state index in [2.05, 4.69) is 5.32 Å². The van der Waals surface area contributed by atoms with Crippen LogP contribution in [-0.4, -0.2) is 37.4 Å². The third-order valence-electron chi connectivity index (χ3n) is 2.25. The van der Waals surface area contributed by atoms with Crippen LogP contribution in [0.2, 0.25) is 0 Å². The maximum Gasteiger partial charge on any atom is 0.287 e. The Balaban J connectivity index is 2.58. The van der Waals surface area contributed by atoms with Crippen LogP contribution in [0.4, 0.5) is 0 Å². The van der Waals surface area contributed by atoms with E-state index in [-0.39, 0.29) is 18.6 Å². The summed E-state index contributed by atoms with van der Waals surface area (Å²) < 4.78 is 10.0. The number of ether oxygens (including phenoxy) is 1. The van der Waals surface area contributed by atoms with Crippen molar-refractivity contribution in [3.05, 3.63) is 23.7 Å². The van der Waals surface area contributed by atoms with Gasteiger partial charge in [0.2, 0.25) is 0 Å². The van der Waals surface area contributed by atoms with Crippen LogP contribution in [0.3, 0.4) is 0 Å². The van der Waals surface area contributed by atoms with Gasteiger partial charge in [-0.3, -0.25) is 4.79 Å². The van der Waals surface area contributed by atoms with Crippen molar-refractivity contribution < 1.29 is 19.1 Å². The predicted octanol–water partition coefficient (Wildman–Crippen LogP) is 0.715. The molecule has 1 heterocycles. The Morgan fingerprint density at radius 1 is 1.69 bits per heavy atom. The van der Waals surface area contributed by atoms with Crippen molar-refractivity contribution in [1.82, 2.24) is 5.32 Å². The minimum absolute atomic E-state index is 0.00540. The molecule has 1 atom stereocenters. The van der Waals surface area contributed by atoms with E-state index >= 15 is 0 Å². The number of carbonyl (C=O) groups excluding carboxylic acids is 1. The van der Waals surface area contributed by atoms with Gasteiger partial charge in [-0.15, -0.1) is 0 Å². The molecule has 16 heavy (non-hydrogen) atoms. The zero-order chi connectivity index (χ0) is 12.0. The van der Waals surface area contributed by atoms with E-state index in [1.165, 1.54) is 6.26 Å². The van der Waals surface area contributed by atoms with Gasteiger partial charge < -0.3 is 19.6 Å². The fourth-order valence-corrected chi connectivity index (χ4v) is 1.41. The van der Waals surface area contributed by atoms with E-state index in [4.69, 9.17) is 14.3 Å². The molecule has 0 fully saturated rings. The first kappa shape index (κ1) is 12.7. The Bertz CT molecular complexity index is 328. The van der Waals surface area contributed by atoms with Crippen LogP contribution in [0.5, 0.6) is 0 Å². The molecule has 0 spiro atoms. The van der Waals surface area contributed by atoms with Crippen molar-refractivity contribution >= 4 is 5.91 Å². The topological polar surface area (TPSA) is 71.7 Å². The number of hydrogen-bond acceptors (Lipinski definition) is 4. The molecule has 1 aromatic heterocycles. The molecule has 0 aliphatic rings. The van der Waals surface area contributed by atoms with Crippen LogP contribution in [0.1, 0.15) is 22.5 Å². The monoisotopic (exact) mass is 227 g/mol. The molecule has 0 saturated heterocycles. The van der Waals surface area contributed by atoms with Gasteiger partial charge in [0.15, 0.2) is 5.76 Å². The summed E-state index contributed by atoms with van der Waals surface area (Å²) in [7, 11) is 1.55. The van der Waals surface area contributed by atoms with Gasteiger partial charge in [0.1, 0.15) is 0 Å². The second kappa shape index (κ2) is 6.30. The summed E-state index contributed by atoms with van der Waals surface area (Å²) in [4.78, 5) is 11.7. The first-order valence-corrected chi connectivity index (χ1v) is 5.13. The molecule has 0 aromatic carbocycles. The largest absolute Gasteiger partial charge is 0.459 e. The maximum absolute atomic E-state index is 11.7. The van der Waals surface area contributed by atoms with Gasteiger partial charge in [0.25, 0.3) is 5.91 Å². The third kappa shape index (κ3) is 3.36. The van der Waals surface area contributed by atoms with E-state index in [0.29, 0.717) is 18.8 Å². The Labute approximate surface area is 94.4 Å². The first-order chi connectivity index (χ1) is 7.69. The van der Waals surface area contributed by atoms with Gasteiger partial charge in [-0.2, -0.15) is 0 Å². The number of aliphatic hydroxyl groups is 1. The zero-order valence-corrected chi connectivity index (χ0v) is 9.53. The standard InChI is InChI=1S/C11H17NO4/c1-8-4-6-16-10(8)11(14)12-9(3-5-13)7-15-2/h4,6,9,13H,3,5,7H2,1-2H3,(H,12,14). The lowest BCUT2D eigenvalue weighted by molar-refractivity contribution is 0.0851. The van der Waals surface area contributed by atoms with Crippen LogP contribution in [-0.2, 0) is 4.74 Å². The molecule has 5 nitrogen and oxygen atoms in total. The molecule has 1 unspecified atom stereocenters. The third-order valence-corrected chi connectivity index (χ3v) is 2.25. The molecule has 2 N–H and O–H groups in total. The Morgan fingerprint density at radius 2 is 2.44 bits per heavy atom. The highest BCUT2D eigenvalue weighted by Crippen LogP contribution is 2.08. The number of aryl methyl sites for hydroxylation is 1. The second-order valence-electron chi connectivity index (χ2n) is 3.57. The predicted molar refractivity (Wildman–Crippen MR) is 58.3 cm³/mol. The quantitative estimate of drug-likeness (QED) is 0.751. The molecule has 90 valence electrons. The fraction of sp³-hybridized carbons (Fsp3) is 0.545. The van der Waals surface area contributed by atoms with Crippen LogP contribution in [0.15, 0.2) is 16.7 Å². The van der Waals surface area contributed by atoms with Crippen molar-refractivity contribution in [3.8, 4) is 0 Å². The van der Waals surface area contributed by atoms with Crippen LogP contribution < -0.4 is 5.32 Å². The fourth-order valence-electron chi connectivity index (χ4n) is 1.41. The Hall–Kier alpha value is -1.33. The number of nitrogens with one attached hydrogen (secondary N) is 1. The SMILES string of the molecule is COCC(CCO)NC(=O)c1occc1C. The van der Waals surface area contributed by atoms with Crippen molar-refractivity contribution in [1.29, 1.82) is 0 Å². The number of amides is 1. The minimum Gasteiger partial charge on any atom is -0.459 e. The number of aliphatic hydroxyl groups excluding tert-OH is 1. The van der Waals surface area contributed by atoms with Crippen molar-refractivity contribution in [2.24, 2.45) is 0 Å². The zero-order valence-electron chi connectivity index (χ0n) is 9.53. The summed E-state index contributed by atoms with van der Waals surface area (Å²) in [6, 6.07) is 1.53. The van der Waals surface area contributed by atoms with Crippen LogP contribution in [0, 0.1) is 6.92 Å². The van der Waals surface area contributed by atoms with Crippen LogP contribution in [0.25, 0.3) is 0 Å². The lowest BCUT2D eigenvalue weighted by Crippen LogP contribution is -2.38. The summed E-state index contributed by atoms with van der Waals surface area (Å²) >= 11 is 0. The molecule has 5 heteroatoms. The number of rotatable bonds is 6. The molecule has 0 saturated carbocycles. The Morgan fingerprint density at radius 3 is 2.94 bits per heavy atom. The lowest BCUT2D eigenvalue weighted by Gasteiger charge is -2.16. The summed E-state index contributed by atoms with van der Waals surface area (Å²) in [5.41, 5.74) is 0.790. The van der Waals surface area contributed by atoms with Gasteiger partial charge in [0.05, 0.1) is 18.9 Å². The van der Waals surface area contributed by atoms with E-state index in [1.807, 2.05) is 0 Å². The van der Waals surface area contributed by atoms with Gasteiger partial charge in [-0.05, 0) is 19.4 Å². The molecular formula is C11H17NO4. The highest BCUT2D eigenvalue weighted by atomic mass is 16.5. The van der Waals surface area contributed by atoms with E-state index in [9.17, 15) is 4.79 Å². The summed E-state index contributed by atoms with van der Waals surface area (Å²) in [5, 5.41) is 11.6. The highest BCUT2D eigenvalue weighted by molar-refractivity contribution is 5.92. The summed E-state index contributed by atoms with van der Waals surface area (Å²) in [5.74, 6) is 0.0250. The number of furan rings is 1. The lowest BCUT2D eigenvalue weighted by atomic mass is 10.2. The molecule has 0 bridgehead atoms. The molecular weight excluding hydrogens is 210 g/mol. The average Bonchev–Trinajstić information content (AvgIpc) is 2.65. The molecule has 1 aromatic rings. The normalized spacial score (nSPS) is 12.4. The van der Waals surface area contributed by atoms with E-state index < -0.39 is 0 Å². The minimum atomic E-state index is -0.280. The number of hydrogen-bond donors (Lipinski definition) is 2. The molecule has 0 aliphatic carbocycles. The number of carbonyl (C=O) groups is 1. The molecule has 1 amide bonds. The highest BCUT2D eigenvalue weighted by Gasteiger charge is 2.17. The molecule has 0 radical (unpaired) electrons. The first-order valence-electron chi connectivity index (χ1n) is 5.13. The van der Waals surface area contributed by atoms with Gasteiger partial charge in [-0.1, -0.05) is 0 Å². The van der Waals surface area contributed by atoms with Gasteiger partial charge >= 0.3 is 0 Å². The molecule has 1 rings (SSSR count). The number of methoxy groups -OCH3 is 1. The van der Waals surface area contributed by atoms with Crippen LogP contribution >= 0.6 is 0 Å². The van der Waals surface area contributed by atoms with Crippen molar-refractivity contribution in [2.45, 2.75) is 19.4 Å². The van der Waals surface area contributed by atoms with Gasteiger partial charge in [-0.25, -0.2) is 0 Å². The van der Waals surface area contributed by atoms with E-state index in [1.54, 1.807) is 20.1 Å². The smallest absolute Gasteiger partial charge is 0.287 e. The van der Waals surface area contributed by atoms with Crippen molar-refractivity contribution in [2.75, 3.05) is 20.3 Å². The summed E-state index contributed by atoms with van der Waals surface area (Å²) in [6.45, 7) is 2.17. The second-order valence-corrected chi connectivity index (χ2v) is 3.57. The van der Waals surface area contributed by atoms with E-state index in [0.717, 1.165) is 5.56 Å². The van der Waals surface area contributed by atoms with Gasteiger partial charge in [0, 0.05) is 19.3 Å². The summed E-state index contributed by atoms with van der Waals surface area (Å²) in [6.07, 6.45) is 1.93. The molecule has 0 aliphatic heterocycles. The average molecular weight is 227 g/mol.